The number of aromatic hydroxyl groups is 1. The van der Waals surface area contributed by atoms with Crippen molar-refractivity contribution < 1.29 is 9.90 Å². The Hall–Kier alpha value is -1.55. The van der Waals surface area contributed by atoms with Crippen molar-refractivity contribution in [3.8, 4) is 5.75 Å². The summed E-state index contributed by atoms with van der Waals surface area (Å²) in [5, 5.41) is 12.5. The van der Waals surface area contributed by atoms with E-state index in [-0.39, 0.29) is 17.6 Å². The molecule has 4 heteroatoms. The summed E-state index contributed by atoms with van der Waals surface area (Å²) in [4.78, 5) is 12.1. The number of phenols is 1. The Morgan fingerprint density at radius 1 is 1.50 bits per heavy atom. The number of rotatable bonds is 3. The van der Waals surface area contributed by atoms with Crippen LogP contribution in [-0.2, 0) is 4.79 Å². The van der Waals surface area contributed by atoms with Crippen LogP contribution in [0, 0.1) is 18.8 Å². The highest BCUT2D eigenvalue weighted by Crippen LogP contribution is 2.32. The fourth-order valence-electron chi connectivity index (χ4n) is 2.59. The molecule has 18 heavy (non-hydrogen) atoms. The zero-order valence-electron chi connectivity index (χ0n) is 10.6. The number of hydrogen-bond acceptors (Lipinski definition) is 3. The lowest BCUT2D eigenvalue weighted by molar-refractivity contribution is -0.120. The lowest BCUT2D eigenvalue weighted by atomic mass is 9.95. The van der Waals surface area contributed by atoms with Crippen LogP contribution in [0.15, 0.2) is 18.2 Å². The van der Waals surface area contributed by atoms with Crippen LogP contribution in [0.5, 0.6) is 5.75 Å². The van der Waals surface area contributed by atoms with Gasteiger partial charge in [0.15, 0.2) is 0 Å². The summed E-state index contributed by atoms with van der Waals surface area (Å²) >= 11 is 0. The number of phenolic OH excluding ortho intramolecular Hbond substituents is 1. The minimum Gasteiger partial charge on any atom is -0.508 e. The van der Waals surface area contributed by atoms with Crippen molar-refractivity contribution in [2.45, 2.75) is 26.2 Å². The summed E-state index contributed by atoms with van der Waals surface area (Å²) in [6.45, 7) is 2.39. The van der Waals surface area contributed by atoms with Crippen LogP contribution in [0.25, 0.3) is 0 Å². The van der Waals surface area contributed by atoms with Crippen molar-refractivity contribution in [1.82, 2.24) is 0 Å². The Morgan fingerprint density at radius 3 is 2.94 bits per heavy atom. The molecule has 98 valence electrons. The van der Waals surface area contributed by atoms with Crippen molar-refractivity contribution >= 4 is 11.6 Å². The van der Waals surface area contributed by atoms with Crippen LogP contribution >= 0.6 is 0 Å². The van der Waals surface area contributed by atoms with Gasteiger partial charge in [0.2, 0.25) is 5.91 Å². The fourth-order valence-corrected chi connectivity index (χ4v) is 2.59. The summed E-state index contributed by atoms with van der Waals surface area (Å²) < 4.78 is 0. The molecular formula is C14H20N2O2. The first-order valence-corrected chi connectivity index (χ1v) is 6.42. The molecule has 0 aromatic heterocycles. The van der Waals surface area contributed by atoms with E-state index in [1.807, 2.05) is 6.92 Å². The molecule has 1 saturated carbocycles. The maximum Gasteiger partial charge on any atom is 0.227 e. The highest BCUT2D eigenvalue weighted by atomic mass is 16.3. The first-order valence-electron chi connectivity index (χ1n) is 6.42. The van der Waals surface area contributed by atoms with E-state index in [1.165, 1.54) is 0 Å². The number of aryl methyl sites for hydroxylation is 1. The molecule has 2 atom stereocenters. The van der Waals surface area contributed by atoms with Crippen molar-refractivity contribution in [2.24, 2.45) is 17.6 Å². The molecule has 1 aliphatic carbocycles. The molecule has 0 heterocycles. The van der Waals surface area contributed by atoms with E-state index < -0.39 is 0 Å². The number of carbonyl (C=O) groups is 1. The second kappa shape index (κ2) is 5.40. The first-order chi connectivity index (χ1) is 8.61. The van der Waals surface area contributed by atoms with Crippen LogP contribution in [0.2, 0.25) is 0 Å². The van der Waals surface area contributed by atoms with Crippen molar-refractivity contribution in [3.05, 3.63) is 23.8 Å². The van der Waals surface area contributed by atoms with Gasteiger partial charge in [-0.2, -0.15) is 0 Å². The zero-order chi connectivity index (χ0) is 13.1. The van der Waals surface area contributed by atoms with E-state index in [9.17, 15) is 9.90 Å². The molecule has 0 aliphatic heterocycles. The number of carbonyl (C=O) groups excluding carboxylic acids is 1. The molecule has 0 bridgehead atoms. The molecule has 1 aromatic carbocycles. The average Bonchev–Trinajstić information content (AvgIpc) is 2.82. The predicted octanol–water partition coefficient (Wildman–Crippen LogP) is 2.01. The monoisotopic (exact) mass is 248 g/mol. The molecule has 1 aromatic rings. The predicted molar refractivity (Wildman–Crippen MR) is 71.4 cm³/mol. The lowest BCUT2D eigenvalue weighted by Gasteiger charge is -2.17. The van der Waals surface area contributed by atoms with E-state index in [0.29, 0.717) is 18.2 Å². The standard InChI is InChI=1S/C14H20N2O2/c1-9-5-6-11(7-13(9)17)16-14(18)12-4-2-3-10(12)8-15/h5-7,10,12,17H,2-4,8,15H2,1H3,(H,16,18). The Bertz CT molecular complexity index is 445. The van der Waals surface area contributed by atoms with Crippen LogP contribution < -0.4 is 11.1 Å². The van der Waals surface area contributed by atoms with Crippen molar-refractivity contribution in [1.29, 1.82) is 0 Å². The molecule has 0 saturated heterocycles. The largest absolute Gasteiger partial charge is 0.508 e. The molecule has 4 nitrogen and oxygen atoms in total. The molecule has 2 unspecified atom stereocenters. The Morgan fingerprint density at radius 2 is 2.28 bits per heavy atom. The quantitative estimate of drug-likeness (QED) is 0.766. The number of benzene rings is 1. The minimum atomic E-state index is 0.0124. The van der Waals surface area contributed by atoms with E-state index in [2.05, 4.69) is 5.32 Å². The summed E-state index contributed by atoms with van der Waals surface area (Å²) in [7, 11) is 0. The average molecular weight is 248 g/mol. The van der Waals surface area contributed by atoms with Gasteiger partial charge < -0.3 is 16.2 Å². The van der Waals surface area contributed by atoms with Gasteiger partial charge in [-0.15, -0.1) is 0 Å². The molecule has 4 N–H and O–H groups in total. The number of nitrogens with two attached hydrogens (primary N) is 1. The third-order valence-electron chi connectivity index (χ3n) is 3.78. The maximum atomic E-state index is 12.1. The number of amides is 1. The van der Waals surface area contributed by atoms with E-state index in [0.717, 1.165) is 24.8 Å². The summed E-state index contributed by atoms with van der Waals surface area (Å²) in [5.41, 5.74) is 7.12. The smallest absolute Gasteiger partial charge is 0.227 e. The summed E-state index contributed by atoms with van der Waals surface area (Å²) in [5.74, 6) is 0.531. The molecule has 1 fully saturated rings. The third kappa shape index (κ3) is 2.64. The summed E-state index contributed by atoms with van der Waals surface area (Å²) in [6, 6.07) is 5.18. The third-order valence-corrected chi connectivity index (χ3v) is 3.78. The minimum absolute atomic E-state index is 0.0124. The van der Waals surface area contributed by atoms with Crippen LogP contribution in [0.3, 0.4) is 0 Å². The van der Waals surface area contributed by atoms with Gasteiger partial charge in [-0.25, -0.2) is 0 Å². The van der Waals surface area contributed by atoms with Gasteiger partial charge in [0.1, 0.15) is 5.75 Å². The zero-order valence-corrected chi connectivity index (χ0v) is 10.6. The topological polar surface area (TPSA) is 75.4 Å². The van der Waals surface area contributed by atoms with Crippen LogP contribution in [-0.4, -0.2) is 17.6 Å². The Labute approximate surface area is 107 Å². The van der Waals surface area contributed by atoms with E-state index in [1.54, 1.807) is 18.2 Å². The van der Waals surface area contributed by atoms with E-state index >= 15 is 0 Å². The second-order valence-electron chi connectivity index (χ2n) is 5.02. The number of nitrogens with one attached hydrogen (secondary N) is 1. The van der Waals surface area contributed by atoms with Gasteiger partial charge in [-0.3, -0.25) is 4.79 Å². The van der Waals surface area contributed by atoms with Gasteiger partial charge in [-0.1, -0.05) is 12.5 Å². The highest BCUT2D eigenvalue weighted by molar-refractivity contribution is 5.93. The van der Waals surface area contributed by atoms with Gasteiger partial charge in [0, 0.05) is 17.7 Å². The maximum absolute atomic E-state index is 12.1. The van der Waals surface area contributed by atoms with E-state index in [4.69, 9.17) is 5.73 Å². The van der Waals surface area contributed by atoms with Gasteiger partial charge in [0.25, 0.3) is 0 Å². The molecule has 0 radical (unpaired) electrons. The van der Waals surface area contributed by atoms with Gasteiger partial charge >= 0.3 is 0 Å². The summed E-state index contributed by atoms with van der Waals surface area (Å²) in [6.07, 6.45) is 3.01. The van der Waals surface area contributed by atoms with Crippen molar-refractivity contribution in [2.75, 3.05) is 11.9 Å². The molecule has 2 rings (SSSR count). The molecule has 1 amide bonds. The normalized spacial score (nSPS) is 23.0. The fraction of sp³-hybridized carbons (Fsp3) is 0.500. The lowest BCUT2D eigenvalue weighted by Crippen LogP contribution is -2.29. The first kappa shape index (κ1) is 12.9. The van der Waals surface area contributed by atoms with Crippen LogP contribution in [0.1, 0.15) is 24.8 Å². The number of anilines is 1. The second-order valence-corrected chi connectivity index (χ2v) is 5.02. The molecular weight excluding hydrogens is 228 g/mol. The molecule has 1 aliphatic rings. The number of hydrogen-bond donors (Lipinski definition) is 3. The van der Waals surface area contributed by atoms with Crippen molar-refractivity contribution in [3.63, 3.8) is 0 Å². The van der Waals surface area contributed by atoms with Gasteiger partial charge in [0.05, 0.1) is 0 Å². The Balaban J connectivity index is 2.04. The Kier molecular flexibility index (Phi) is 3.87. The molecule has 0 spiro atoms. The van der Waals surface area contributed by atoms with Gasteiger partial charge in [-0.05, 0) is 43.9 Å². The van der Waals surface area contributed by atoms with Crippen LogP contribution in [0.4, 0.5) is 5.69 Å². The SMILES string of the molecule is Cc1ccc(NC(=O)C2CCCC2CN)cc1O. The highest BCUT2D eigenvalue weighted by Gasteiger charge is 2.31.